The molecular formula is C9H14BrN3. The summed E-state index contributed by atoms with van der Waals surface area (Å²) in [6.07, 6.45) is 5.13. The van der Waals surface area contributed by atoms with Crippen molar-refractivity contribution < 1.29 is 0 Å². The predicted octanol–water partition coefficient (Wildman–Crippen LogP) is 2.65. The summed E-state index contributed by atoms with van der Waals surface area (Å²) in [5.74, 6) is 0.615. The summed E-state index contributed by atoms with van der Waals surface area (Å²) in [7, 11) is 0. The number of nitrogen functional groups attached to an aromatic ring is 1. The number of hydrogen-bond acceptors (Lipinski definition) is 2. The smallest absolute Gasteiger partial charge is 0.160 e. The van der Waals surface area contributed by atoms with Gasteiger partial charge in [-0.05, 0) is 35.7 Å². The lowest BCUT2D eigenvalue weighted by Gasteiger charge is -2.11. The van der Waals surface area contributed by atoms with Gasteiger partial charge in [-0.15, -0.1) is 0 Å². The topological polar surface area (TPSA) is 43.8 Å². The van der Waals surface area contributed by atoms with E-state index in [0.717, 1.165) is 10.2 Å². The molecule has 0 saturated heterocycles. The Morgan fingerprint density at radius 3 is 2.54 bits per heavy atom. The monoisotopic (exact) mass is 243 g/mol. The molecule has 72 valence electrons. The van der Waals surface area contributed by atoms with Gasteiger partial charge in [0.1, 0.15) is 0 Å². The van der Waals surface area contributed by atoms with Gasteiger partial charge in [0.25, 0.3) is 0 Å². The second-order valence-electron chi connectivity index (χ2n) is 3.67. The highest BCUT2D eigenvalue weighted by atomic mass is 79.9. The van der Waals surface area contributed by atoms with E-state index < -0.39 is 0 Å². The molecule has 0 atom stereocenters. The van der Waals surface area contributed by atoms with Crippen LogP contribution in [0.15, 0.2) is 4.47 Å². The van der Waals surface area contributed by atoms with E-state index in [2.05, 4.69) is 32.6 Å². The Bertz CT molecular complexity index is 313. The first-order chi connectivity index (χ1) is 6.20. The van der Waals surface area contributed by atoms with Crippen molar-refractivity contribution in [3.63, 3.8) is 0 Å². The SMILES string of the molecule is Cc1c(Br)c(N)nn1C1CCCC1. The Balaban J connectivity index is 2.34. The van der Waals surface area contributed by atoms with Crippen LogP contribution in [0, 0.1) is 6.92 Å². The minimum Gasteiger partial charge on any atom is -0.381 e. The maximum Gasteiger partial charge on any atom is 0.160 e. The average molecular weight is 244 g/mol. The van der Waals surface area contributed by atoms with Crippen molar-refractivity contribution in [3.8, 4) is 0 Å². The molecule has 3 nitrogen and oxygen atoms in total. The number of halogens is 1. The Kier molecular flexibility index (Phi) is 2.32. The molecule has 0 radical (unpaired) electrons. The van der Waals surface area contributed by atoms with Crippen LogP contribution in [0.25, 0.3) is 0 Å². The molecule has 1 aromatic heterocycles. The Labute approximate surface area is 86.4 Å². The average Bonchev–Trinajstić information content (AvgIpc) is 2.70. The highest BCUT2D eigenvalue weighted by Crippen LogP contribution is 2.33. The zero-order valence-electron chi connectivity index (χ0n) is 7.76. The van der Waals surface area contributed by atoms with Crippen LogP contribution in [0.1, 0.15) is 37.4 Å². The third kappa shape index (κ3) is 1.47. The van der Waals surface area contributed by atoms with E-state index in [0.29, 0.717) is 11.9 Å². The van der Waals surface area contributed by atoms with E-state index in [1.165, 1.54) is 25.7 Å². The molecule has 0 spiro atoms. The van der Waals surface area contributed by atoms with Crippen LogP contribution in [-0.4, -0.2) is 9.78 Å². The van der Waals surface area contributed by atoms with Crippen molar-refractivity contribution in [2.75, 3.05) is 5.73 Å². The van der Waals surface area contributed by atoms with Gasteiger partial charge in [0, 0.05) is 0 Å². The van der Waals surface area contributed by atoms with Gasteiger partial charge in [0.05, 0.1) is 16.2 Å². The molecule has 1 heterocycles. The van der Waals surface area contributed by atoms with E-state index >= 15 is 0 Å². The van der Waals surface area contributed by atoms with Crippen molar-refractivity contribution in [3.05, 3.63) is 10.2 Å². The van der Waals surface area contributed by atoms with Gasteiger partial charge in [-0.25, -0.2) is 0 Å². The van der Waals surface area contributed by atoms with Gasteiger partial charge in [0.2, 0.25) is 0 Å². The highest BCUT2D eigenvalue weighted by Gasteiger charge is 2.21. The zero-order valence-corrected chi connectivity index (χ0v) is 9.34. The van der Waals surface area contributed by atoms with Crippen LogP contribution < -0.4 is 5.73 Å². The summed E-state index contributed by atoms with van der Waals surface area (Å²) < 4.78 is 3.03. The zero-order chi connectivity index (χ0) is 9.42. The number of nitrogens with zero attached hydrogens (tertiary/aromatic N) is 2. The van der Waals surface area contributed by atoms with Crippen molar-refractivity contribution in [1.29, 1.82) is 0 Å². The molecule has 0 amide bonds. The predicted molar refractivity (Wildman–Crippen MR) is 56.6 cm³/mol. The van der Waals surface area contributed by atoms with Gasteiger partial charge < -0.3 is 5.73 Å². The maximum absolute atomic E-state index is 5.73. The van der Waals surface area contributed by atoms with Crippen LogP contribution in [-0.2, 0) is 0 Å². The molecule has 13 heavy (non-hydrogen) atoms. The number of nitrogens with two attached hydrogens (primary N) is 1. The number of anilines is 1. The molecule has 1 aliphatic carbocycles. The van der Waals surface area contributed by atoms with E-state index in [9.17, 15) is 0 Å². The molecule has 2 rings (SSSR count). The number of aromatic nitrogens is 2. The molecule has 0 unspecified atom stereocenters. The van der Waals surface area contributed by atoms with E-state index in [1.807, 2.05) is 0 Å². The van der Waals surface area contributed by atoms with Crippen molar-refractivity contribution in [1.82, 2.24) is 9.78 Å². The third-order valence-electron chi connectivity index (χ3n) is 2.77. The molecule has 0 aromatic carbocycles. The van der Waals surface area contributed by atoms with Crippen LogP contribution in [0.5, 0.6) is 0 Å². The lowest BCUT2D eigenvalue weighted by atomic mass is 10.2. The molecule has 1 aromatic rings. The van der Waals surface area contributed by atoms with Crippen molar-refractivity contribution in [2.24, 2.45) is 0 Å². The van der Waals surface area contributed by atoms with Gasteiger partial charge in [-0.3, -0.25) is 4.68 Å². The van der Waals surface area contributed by atoms with Gasteiger partial charge in [0.15, 0.2) is 5.82 Å². The van der Waals surface area contributed by atoms with Crippen LogP contribution in [0.3, 0.4) is 0 Å². The first kappa shape index (κ1) is 9.06. The van der Waals surface area contributed by atoms with Crippen LogP contribution >= 0.6 is 15.9 Å². The Hall–Kier alpha value is -0.510. The molecule has 1 fully saturated rings. The molecule has 0 bridgehead atoms. The third-order valence-corrected chi connectivity index (χ3v) is 3.75. The van der Waals surface area contributed by atoms with Gasteiger partial charge in [-0.2, -0.15) is 5.10 Å². The standard InChI is InChI=1S/C9H14BrN3/c1-6-8(10)9(11)12-13(6)7-4-2-3-5-7/h7H,2-5H2,1H3,(H2,11,12). The molecule has 1 aliphatic rings. The quantitative estimate of drug-likeness (QED) is 0.825. The first-order valence-corrected chi connectivity index (χ1v) is 5.49. The van der Waals surface area contributed by atoms with E-state index in [-0.39, 0.29) is 0 Å². The summed E-state index contributed by atoms with van der Waals surface area (Å²) in [6.45, 7) is 2.06. The summed E-state index contributed by atoms with van der Waals surface area (Å²) in [5.41, 5.74) is 6.89. The molecule has 4 heteroatoms. The number of hydrogen-bond donors (Lipinski definition) is 1. The van der Waals surface area contributed by atoms with Gasteiger partial charge in [-0.1, -0.05) is 12.8 Å². The minimum absolute atomic E-state index is 0.577. The second-order valence-corrected chi connectivity index (χ2v) is 4.46. The van der Waals surface area contributed by atoms with Crippen molar-refractivity contribution in [2.45, 2.75) is 38.6 Å². The molecule has 1 saturated carbocycles. The number of rotatable bonds is 1. The lowest BCUT2D eigenvalue weighted by molar-refractivity contribution is 0.458. The van der Waals surface area contributed by atoms with E-state index in [1.54, 1.807) is 0 Å². The largest absolute Gasteiger partial charge is 0.381 e. The Morgan fingerprint density at radius 2 is 2.08 bits per heavy atom. The highest BCUT2D eigenvalue weighted by molar-refractivity contribution is 9.10. The summed E-state index contributed by atoms with van der Waals surface area (Å²) in [6, 6.07) is 0.577. The second kappa shape index (κ2) is 3.33. The summed E-state index contributed by atoms with van der Waals surface area (Å²) >= 11 is 3.44. The molecule has 0 aliphatic heterocycles. The van der Waals surface area contributed by atoms with Crippen molar-refractivity contribution >= 4 is 21.7 Å². The van der Waals surface area contributed by atoms with E-state index in [4.69, 9.17) is 5.73 Å². The minimum atomic E-state index is 0.577. The maximum atomic E-state index is 5.73. The summed E-state index contributed by atoms with van der Waals surface area (Å²) in [4.78, 5) is 0. The first-order valence-electron chi connectivity index (χ1n) is 4.70. The Morgan fingerprint density at radius 1 is 1.46 bits per heavy atom. The molecular weight excluding hydrogens is 230 g/mol. The normalized spacial score (nSPS) is 18.3. The summed E-state index contributed by atoms with van der Waals surface area (Å²) in [5, 5.41) is 4.34. The van der Waals surface area contributed by atoms with Crippen LogP contribution in [0.4, 0.5) is 5.82 Å². The lowest BCUT2D eigenvalue weighted by Crippen LogP contribution is -2.08. The fourth-order valence-electron chi connectivity index (χ4n) is 2.03. The van der Waals surface area contributed by atoms with Gasteiger partial charge >= 0.3 is 0 Å². The fourth-order valence-corrected chi connectivity index (χ4v) is 2.29. The fraction of sp³-hybridized carbons (Fsp3) is 0.667. The van der Waals surface area contributed by atoms with Crippen LogP contribution in [0.2, 0.25) is 0 Å². The molecule has 2 N–H and O–H groups in total.